The minimum atomic E-state index is 0.0526. The van der Waals surface area contributed by atoms with Gasteiger partial charge in [0.15, 0.2) is 6.61 Å². The molecule has 52 valence electrons. The minimum absolute atomic E-state index is 0.0526. The average Bonchev–Trinajstić information content (AvgIpc) is 2.31. The lowest BCUT2D eigenvalue weighted by atomic mass is 10.7. The fourth-order valence-corrected chi connectivity index (χ4v) is 0.577. The van der Waals surface area contributed by atoms with Crippen LogP contribution in [0.3, 0.4) is 0 Å². The highest BCUT2D eigenvalue weighted by Gasteiger charge is 1.93. The summed E-state index contributed by atoms with van der Waals surface area (Å²) in [6.45, 7) is 0.0526. The number of hydrogen-bond acceptors (Lipinski definition) is 3. The van der Waals surface area contributed by atoms with Crippen LogP contribution in [0.2, 0.25) is 0 Å². The van der Waals surface area contributed by atoms with Gasteiger partial charge in [-0.05, 0) is 0 Å². The van der Waals surface area contributed by atoms with Crippen molar-refractivity contribution in [3.8, 4) is 11.9 Å². The van der Waals surface area contributed by atoms with Crippen molar-refractivity contribution < 1.29 is 4.74 Å². The highest BCUT2D eigenvalue weighted by molar-refractivity contribution is 5.05. The molecule has 0 spiro atoms. The summed E-state index contributed by atoms with van der Waals surface area (Å²) in [4.78, 5) is 0. The van der Waals surface area contributed by atoms with E-state index in [2.05, 4.69) is 5.10 Å². The first-order valence-corrected chi connectivity index (χ1v) is 2.82. The van der Waals surface area contributed by atoms with Crippen LogP contribution in [-0.4, -0.2) is 16.4 Å². The van der Waals surface area contributed by atoms with Gasteiger partial charge in [-0.3, -0.25) is 4.68 Å². The number of ether oxygens (including phenoxy) is 1. The second kappa shape index (κ2) is 2.87. The third-order valence-corrected chi connectivity index (χ3v) is 0.974. The second-order valence-corrected chi connectivity index (χ2v) is 1.77. The molecule has 1 heterocycles. The van der Waals surface area contributed by atoms with E-state index in [1.165, 1.54) is 0 Å². The van der Waals surface area contributed by atoms with E-state index in [-0.39, 0.29) is 6.61 Å². The molecule has 0 aromatic carbocycles. The molecular formula is C6H7N3O. The van der Waals surface area contributed by atoms with Crippen LogP contribution in [0.5, 0.6) is 5.88 Å². The van der Waals surface area contributed by atoms with Gasteiger partial charge in [-0.25, -0.2) is 0 Å². The maximum atomic E-state index is 8.12. The van der Waals surface area contributed by atoms with Crippen molar-refractivity contribution in [1.82, 2.24) is 9.78 Å². The number of nitriles is 1. The lowest BCUT2D eigenvalue weighted by Crippen LogP contribution is -1.95. The molecule has 0 bridgehead atoms. The molecule has 0 saturated carbocycles. The van der Waals surface area contributed by atoms with Crippen molar-refractivity contribution in [3.63, 3.8) is 0 Å². The van der Waals surface area contributed by atoms with Gasteiger partial charge in [-0.2, -0.15) is 5.26 Å². The molecule has 1 aromatic heterocycles. The molecule has 0 aliphatic heterocycles. The predicted molar refractivity (Wildman–Crippen MR) is 34.3 cm³/mol. The van der Waals surface area contributed by atoms with E-state index in [1.54, 1.807) is 24.0 Å². The van der Waals surface area contributed by atoms with E-state index >= 15 is 0 Å². The van der Waals surface area contributed by atoms with Gasteiger partial charge in [0.05, 0.1) is 0 Å². The quantitative estimate of drug-likeness (QED) is 0.590. The summed E-state index contributed by atoms with van der Waals surface area (Å²) in [6, 6.07) is 3.56. The van der Waals surface area contributed by atoms with Crippen LogP contribution >= 0.6 is 0 Å². The first-order chi connectivity index (χ1) is 4.83. The number of aromatic nitrogens is 2. The summed E-state index contributed by atoms with van der Waals surface area (Å²) < 4.78 is 6.50. The zero-order chi connectivity index (χ0) is 7.40. The molecule has 1 rings (SSSR count). The first-order valence-electron chi connectivity index (χ1n) is 2.82. The van der Waals surface area contributed by atoms with Gasteiger partial charge in [-0.1, -0.05) is 0 Å². The van der Waals surface area contributed by atoms with E-state index in [0.29, 0.717) is 5.88 Å². The molecule has 1 aromatic rings. The van der Waals surface area contributed by atoms with Gasteiger partial charge >= 0.3 is 0 Å². The van der Waals surface area contributed by atoms with Crippen LogP contribution in [0.4, 0.5) is 0 Å². The summed E-state index contributed by atoms with van der Waals surface area (Å²) in [5.74, 6) is 0.490. The largest absolute Gasteiger partial charge is 0.461 e. The van der Waals surface area contributed by atoms with Gasteiger partial charge < -0.3 is 4.74 Å². The maximum Gasteiger partial charge on any atom is 0.233 e. The lowest BCUT2D eigenvalue weighted by Gasteiger charge is -1.91. The summed E-state index contributed by atoms with van der Waals surface area (Å²) in [7, 11) is 1.79. The topological polar surface area (TPSA) is 50.8 Å². The van der Waals surface area contributed by atoms with Gasteiger partial charge in [0.25, 0.3) is 0 Å². The van der Waals surface area contributed by atoms with Crippen LogP contribution in [0, 0.1) is 11.3 Å². The molecule has 0 atom stereocenters. The molecule has 0 aliphatic carbocycles. The van der Waals surface area contributed by atoms with Crippen molar-refractivity contribution >= 4 is 0 Å². The predicted octanol–water partition coefficient (Wildman–Crippen LogP) is 0.322. The van der Waals surface area contributed by atoms with Crippen molar-refractivity contribution in [2.24, 2.45) is 7.05 Å². The molecule has 0 unspecified atom stereocenters. The second-order valence-electron chi connectivity index (χ2n) is 1.77. The number of hydrogen-bond donors (Lipinski definition) is 0. The van der Waals surface area contributed by atoms with Crippen LogP contribution in [0.1, 0.15) is 0 Å². The zero-order valence-electron chi connectivity index (χ0n) is 5.61. The zero-order valence-corrected chi connectivity index (χ0v) is 5.61. The Hall–Kier alpha value is -1.50. The van der Waals surface area contributed by atoms with Crippen molar-refractivity contribution in [2.45, 2.75) is 0 Å². The minimum Gasteiger partial charge on any atom is -0.461 e. The van der Waals surface area contributed by atoms with Crippen LogP contribution in [0.25, 0.3) is 0 Å². The fraction of sp³-hybridized carbons (Fsp3) is 0.333. The average molecular weight is 137 g/mol. The Morgan fingerprint density at radius 2 is 2.70 bits per heavy atom. The van der Waals surface area contributed by atoms with E-state index in [0.717, 1.165) is 0 Å². The molecule has 0 N–H and O–H groups in total. The van der Waals surface area contributed by atoms with E-state index in [4.69, 9.17) is 10.00 Å². The monoisotopic (exact) mass is 137 g/mol. The van der Waals surface area contributed by atoms with Crippen molar-refractivity contribution in [2.75, 3.05) is 6.61 Å². The molecule has 4 heteroatoms. The molecule has 0 radical (unpaired) electrons. The first kappa shape index (κ1) is 6.62. The third kappa shape index (κ3) is 1.49. The lowest BCUT2D eigenvalue weighted by molar-refractivity contribution is 0.349. The Labute approximate surface area is 58.6 Å². The third-order valence-electron chi connectivity index (χ3n) is 0.974. The van der Waals surface area contributed by atoms with Crippen LogP contribution < -0.4 is 4.74 Å². The normalized spacial score (nSPS) is 8.80. The standard InChI is InChI=1S/C6H7N3O/c1-9-4-2-6(8-9)10-5-3-7/h2,4H,5H2,1H3. The Bertz CT molecular complexity index is 248. The SMILES string of the molecule is Cn1ccc(OCC#N)n1. The number of aryl methyl sites for hydroxylation is 1. The van der Waals surface area contributed by atoms with E-state index in [1.807, 2.05) is 6.07 Å². The molecular weight excluding hydrogens is 130 g/mol. The fourth-order valence-electron chi connectivity index (χ4n) is 0.577. The van der Waals surface area contributed by atoms with Crippen LogP contribution in [-0.2, 0) is 7.05 Å². The summed E-state index contributed by atoms with van der Waals surface area (Å²) >= 11 is 0. The highest BCUT2D eigenvalue weighted by atomic mass is 16.5. The summed E-state index contributed by atoms with van der Waals surface area (Å²) in [6.07, 6.45) is 1.76. The molecule has 0 aliphatic rings. The van der Waals surface area contributed by atoms with E-state index < -0.39 is 0 Å². The van der Waals surface area contributed by atoms with Gasteiger partial charge in [0.2, 0.25) is 5.88 Å². The molecule has 0 fully saturated rings. The van der Waals surface area contributed by atoms with E-state index in [9.17, 15) is 0 Å². The smallest absolute Gasteiger partial charge is 0.233 e. The number of rotatable bonds is 2. The Kier molecular flexibility index (Phi) is 1.90. The molecule has 0 amide bonds. The Morgan fingerprint density at radius 1 is 1.90 bits per heavy atom. The van der Waals surface area contributed by atoms with Crippen molar-refractivity contribution in [1.29, 1.82) is 5.26 Å². The summed E-state index contributed by atoms with van der Waals surface area (Å²) in [5, 5.41) is 12.0. The van der Waals surface area contributed by atoms with Gasteiger partial charge in [-0.15, -0.1) is 5.10 Å². The molecule has 0 saturated heterocycles. The Morgan fingerprint density at radius 3 is 3.20 bits per heavy atom. The van der Waals surface area contributed by atoms with Crippen molar-refractivity contribution in [3.05, 3.63) is 12.3 Å². The Balaban J connectivity index is 2.52. The number of nitrogens with zero attached hydrogens (tertiary/aromatic N) is 3. The van der Waals surface area contributed by atoms with Gasteiger partial charge in [0.1, 0.15) is 6.07 Å². The van der Waals surface area contributed by atoms with Gasteiger partial charge in [0, 0.05) is 19.3 Å². The molecule has 4 nitrogen and oxygen atoms in total. The van der Waals surface area contributed by atoms with Crippen LogP contribution in [0.15, 0.2) is 12.3 Å². The maximum absolute atomic E-state index is 8.12. The highest BCUT2D eigenvalue weighted by Crippen LogP contribution is 2.02. The molecule has 10 heavy (non-hydrogen) atoms. The summed E-state index contributed by atoms with van der Waals surface area (Å²) in [5.41, 5.74) is 0.